The van der Waals surface area contributed by atoms with Gasteiger partial charge >= 0.3 is 5.69 Å². The molecule has 0 saturated carbocycles. The summed E-state index contributed by atoms with van der Waals surface area (Å²) in [6, 6.07) is 3.16. The van der Waals surface area contributed by atoms with Crippen LogP contribution in [0.5, 0.6) is 5.75 Å². The minimum absolute atomic E-state index is 0.202. The maximum absolute atomic E-state index is 13.0. The lowest BCUT2D eigenvalue weighted by Crippen LogP contribution is -1.96. The quantitative estimate of drug-likeness (QED) is 0.531. The summed E-state index contributed by atoms with van der Waals surface area (Å²) in [7, 11) is 1.19. The van der Waals surface area contributed by atoms with Gasteiger partial charge in [0.25, 0.3) is 0 Å². The van der Waals surface area contributed by atoms with Crippen LogP contribution in [0.25, 0.3) is 0 Å². The van der Waals surface area contributed by atoms with Gasteiger partial charge < -0.3 is 4.74 Å². The molecular weight excluding hydrogens is 191 g/mol. The average Bonchev–Trinajstić information content (AvgIpc) is 2.16. The van der Waals surface area contributed by atoms with Crippen LogP contribution in [0.2, 0.25) is 0 Å². The van der Waals surface area contributed by atoms with Crippen molar-refractivity contribution in [2.24, 2.45) is 0 Å². The van der Waals surface area contributed by atoms with Gasteiger partial charge in [-0.05, 0) is 0 Å². The van der Waals surface area contributed by atoms with E-state index in [0.717, 1.165) is 12.1 Å². The van der Waals surface area contributed by atoms with Gasteiger partial charge in [-0.3, -0.25) is 10.1 Å². The first-order valence-corrected chi connectivity index (χ1v) is 3.52. The van der Waals surface area contributed by atoms with E-state index in [9.17, 15) is 14.5 Å². The van der Waals surface area contributed by atoms with E-state index in [1.165, 1.54) is 13.2 Å². The molecule has 1 rings (SSSR count). The Kier molecular flexibility index (Phi) is 2.62. The van der Waals surface area contributed by atoms with E-state index in [-0.39, 0.29) is 11.3 Å². The van der Waals surface area contributed by atoms with Gasteiger partial charge in [-0.2, -0.15) is 5.26 Å². The molecule has 0 unspecified atom stereocenters. The number of benzene rings is 1. The van der Waals surface area contributed by atoms with Gasteiger partial charge in [0, 0.05) is 12.1 Å². The molecule has 6 heteroatoms. The van der Waals surface area contributed by atoms with Crippen LogP contribution in [0, 0.1) is 27.3 Å². The van der Waals surface area contributed by atoms with Crippen LogP contribution < -0.4 is 4.74 Å². The van der Waals surface area contributed by atoms with Gasteiger partial charge in [-0.25, -0.2) is 4.39 Å². The lowest BCUT2D eigenvalue weighted by atomic mass is 10.2. The third-order valence-corrected chi connectivity index (χ3v) is 1.59. The Morgan fingerprint density at radius 2 is 2.29 bits per heavy atom. The molecule has 0 atom stereocenters. The van der Waals surface area contributed by atoms with E-state index < -0.39 is 16.4 Å². The first-order valence-electron chi connectivity index (χ1n) is 3.52. The Hall–Kier alpha value is -2.16. The number of halogens is 1. The summed E-state index contributed by atoms with van der Waals surface area (Å²) < 4.78 is 17.6. The van der Waals surface area contributed by atoms with Gasteiger partial charge in [0.2, 0.25) is 0 Å². The van der Waals surface area contributed by atoms with Crippen molar-refractivity contribution in [2.75, 3.05) is 7.11 Å². The first kappa shape index (κ1) is 9.92. The normalized spacial score (nSPS) is 9.21. The number of hydrogen-bond acceptors (Lipinski definition) is 4. The highest BCUT2D eigenvalue weighted by molar-refractivity contribution is 5.52. The number of nitro groups is 1. The van der Waals surface area contributed by atoms with Crippen molar-refractivity contribution in [2.45, 2.75) is 0 Å². The topological polar surface area (TPSA) is 76.2 Å². The number of nitriles is 1. The van der Waals surface area contributed by atoms with Crippen molar-refractivity contribution >= 4 is 5.69 Å². The largest absolute Gasteiger partial charge is 0.490 e. The van der Waals surface area contributed by atoms with Crippen molar-refractivity contribution in [1.82, 2.24) is 0 Å². The standard InChI is InChI=1S/C8H5FN2O3/c1-14-8-3-6(9)5(4-10)2-7(8)11(12)13/h2-3H,1H3. The number of nitro benzene ring substituents is 1. The summed E-state index contributed by atoms with van der Waals surface area (Å²) in [5, 5.41) is 18.9. The molecule has 0 saturated heterocycles. The van der Waals surface area contributed by atoms with Crippen molar-refractivity contribution in [3.8, 4) is 11.8 Å². The predicted octanol–water partition coefficient (Wildman–Crippen LogP) is 1.61. The highest BCUT2D eigenvalue weighted by atomic mass is 19.1. The molecule has 5 nitrogen and oxygen atoms in total. The zero-order valence-corrected chi connectivity index (χ0v) is 7.15. The second-order valence-electron chi connectivity index (χ2n) is 2.37. The number of rotatable bonds is 2. The zero-order chi connectivity index (χ0) is 10.7. The van der Waals surface area contributed by atoms with E-state index in [1.807, 2.05) is 0 Å². The van der Waals surface area contributed by atoms with Crippen LogP contribution in [-0.2, 0) is 0 Å². The molecule has 0 N–H and O–H groups in total. The maximum atomic E-state index is 13.0. The molecule has 0 aliphatic carbocycles. The van der Waals surface area contributed by atoms with E-state index in [4.69, 9.17) is 5.26 Å². The number of methoxy groups -OCH3 is 1. The van der Waals surface area contributed by atoms with Gasteiger partial charge in [-0.1, -0.05) is 0 Å². The Bertz CT molecular complexity index is 425. The fraction of sp³-hybridized carbons (Fsp3) is 0.125. The molecule has 1 aromatic rings. The second-order valence-corrected chi connectivity index (χ2v) is 2.37. The zero-order valence-electron chi connectivity index (χ0n) is 7.15. The van der Waals surface area contributed by atoms with Gasteiger partial charge in [-0.15, -0.1) is 0 Å². The van der Waals surface area contributed by atoms with Crippen LogP contribution in [0.1, 0.15) is 5.56 Å². The molecule has 0 aliphatic rings. The summed E-state index contributed by atoms with van der Waals surface area (Å²) in [6.45, 7) is 0. The number of ether oxygens (including phenoxy) is 1. The summed E-state index contributed by atoms with van der Waals surface area (Å²) in [6.07, 6.45) is 0. The van der Waals surface area contributed by atoms with Gasteiger partial charge in [0.1, 0.15) is 11.9 Å². The summed E-state index contributed by atoms with van der Waals surface area (Å²) >= 11 is 0. The molecule has 72 valence electrons. The van der Waals surface area contributed by atoms with Crippen molar-refractivity contribution < 1.29 is 14.1 Å². The van der Waals surface area contributed by atoms with Gasteiger partial charge in [0.15, 0.2) is 5.75 Å². The van der Waals surface area contributed by atoms with Crippen LogP contribution in [-0.4, -0.2) is 12.0 Å². The Balaban J connectivity index is 3.42. The molecule has 0 radical (unpaired) electrons. The molecule has 1 aromatic carbocycles. The number of nitrogens with zero attached hydrogens (tertiary/aromatic N) is 2. The van der Waals surface area contributed by atoms with E-state index in [2.05, 4.69) is 4.74 Å². The molecular formula is C8H5FN2O3. The first-order chi connectivity index (χ1) is 6.60. The maximum Gasteiger partial charge on any atom is 0.312 e. The minimum Gasteiger partial charge on any atom is -0.490 e. The molecule has 0 spiro atoms. The lowest BCUT2D eigenvalue weighted by Gasteiger charge is -2.01. The molecule has 0 bridgehead atoms. The van der Waals surface area contributed by atoms with Crippen LogP contribution in [0.3, 0.4) is 0 Å². The van der Waals surface area contributed by atoms with E-state index in [1.54, 1.807) is 0 Å². The van der Waals surface area contributed by atoms with Crippen LogP contribution in [0.4, 0.5) is 10.1 Å². The monoisotopic (exact) mass is 196 g/mol. The second kappa shape index (κ2) is 3.70. The van der Waals surface area contributed by atoms with E-state index in [0.29, 0.717) is 0 Å². The smallest absolute Gasteiger partial charge is 0.312 e. The molecule has 0 amide bonds. The SMILES string of the molecule is COc1cc(F)c(C#N)cc1[N+](=O)[O-]. The third-order valence-electron chi connectivity index (χ3n) is 1.59. The lowest BCUT2D eigenvalue weighted by molar-refractivity contribution is -0.385. The summed E-state index contributed by atoms with van der Waals surface area (Å²) in [4.78, 5) is 9.72. The Labute approximate surface area is 78.5 Å². The number of hydrogen-bond donors (Lipinski definition) is 0. The van der Waals surface area contributed by atoms with Crippen LogP contribution in [0.15, 0.2) is 12.1 Å². The van der Waals surface area contributed by atoms with E-state index >= 15 is 0 Å². The minimum atomic E-state index is -0.838. The van der Waals surface area contributed by atoms with Crippen molar-refractivity contribution in [1.29, 1.82) is 5.26 Å². The van der Waals surface area contributed by atoms with Crippen LogP contribution >= 0.6 is 0 Å². The predicted molar refractivity (Wildman–Crippen MR) is 44.3 cm³/mol. The van der Waals surface area contributed by atoms with Crippen molar-refractivity contribution in [3.63, 3.8) is 0 Å². The molecule has 0 fully saturated rings. The summed E-state index contributed by atoms with van der Waals surface area (Å²) in [5.74, 6) is -1.04. The Morgan fingerprint density at radius 3 is 2.71 bits per heavy atom. The van der Waals surface area contributed by atoms with Crippen molar-refractivity contribution in [3.05, 3.63) is 33.6 Å². The molecule has 0 aliphatic heterocycles. The third kappa shape index (κ3) is 1.61. The average molecular weight is 196 g/mol. The summed E-state index contributed by atoms with van der Waals surface area (Å²) in [5.41, 5.74) is -0.803. The van der Waals surface area contributed by atoms with Gasteiger partial charge in [0.05, 0.1) is 17.6 Å². The highest BCUT2D eigenvalue weighted by Crippen LogP contribution is 2.29. The fourth-order valence-corrected chi connectivity index (χ4v) is 0.935. The molecule has 14 heavy (non-hydrogen) atoms. The highest BCUT2D eigenvalue weighted by Gasteiger charge is 2.18. The molecule has 0 aromatic heterocycles. The molecule has 0 heterocycles. The fourth-order valence-electron chi connectivity index (χ4n) is 0.935. The Morgan fingerprint density at radius 1 is 1.64 bits per heavy atom.